The molecule has 15 heteroatoms. The molecule has 0 fully saturated rings. The Labute approximate surface area is 190 Å². The number of primary sulfonamides is 1. The van der Waals surface area contributed by atoms with Crippen LogP contribution in [0.2, 0.25) is 0 Å². The highest BCUT2D eigenvalue weighted by atomic mass is 32.2. The van der Waals surface area contributed by atoms with E-state index in [1.165, 1.54) is 23.5 Å². The van der Waals surface area contributed by atoms with Gasteiger partial charge in [-0.1, -0.05) is 29.5 Å². The van der Waals surface area contributed by atoms with Crippen LogP contribution in [-0.2, 0) is 20.8 Å². The maximum absolute atomic E-state index is 12.9. The number of aliphatic hydroxyl groups is 1. The molecule has 3 rings (SSSR count). The highest BCUT2D eigenvalue weighted by Gasteiger charge is 2.29. The number of hydrazone groups is 1. The van der Waals surface area contributed by atoms with Gasteiger partial charge in [-0.25, -0.2) is 29.9 Å². The number of aromatic nitrogens is 1. The van der Waals surface area contributed by atoms with Crippen molar-refractivity contribution in [2.24, 2.45) is 27.6 Å². The Hall–Kier alpha value is -2.66. The number of nitrogen functional groups attached to an aromatic ring is 1. The maximum Gasteiger partial charge on any atom is 0.240 e. The van der Waals surface area contributed by atoms with Crippen LogP contribution >= 0.6 is 11.3 Å². The summed E-state index contributed by atoms with van der Waals surface area (Å²) < 4.78 is 39.0. The number of aliphatic hydroxyl groups excluding tert-OH is 1. The molecule has 0 saturated heterocycles. The van der Waals surface area contributed by atoms with Crippen LogP contribution < -0.4 is 33.7 Å². The minimum atomic E-state index is -4.47. The van der Waals surface area contributed by atoms with Gasteiger partial charge in [0.1, 0.15) is 4.90 Å². The van der Waals surface area contributed by atoms with Crippen molar-refractivity contribution in [1.82, 2.24) is 10.5 Å². The van der Waals surface area contributed by atoms with E-state index in [-0.39, 0.29) is 28.6 Å². The smallest absolute Gasteiger partial charge is 0.240 e. The van der Waals surface area contributed by atoms with E-state index < -0.39 is 31.8 Å². The van der Waals surface area contributed by atoms with Crippen LogP contribution in [0.25, 0.3) is 21.3 Å². The molecule has 0 aliphatic heterocycles. The lowest BCUT2D eigenvalue weighted by Crippen LogP contribution is -2.29. The molecule has 0 amide bonds. The van der Waals surface area contributed by atoms with Crippen molar-refractivity contribution in [2.45, 2.75) is 15.9 Å². The molecule has 3 aromatic rings. The second-order valence-electron chi connectivity index (χ2n) is 6.59. The van der Waals surface area contributed by atoms with Crippen LogP contribution in [-0.4, -0.2) is 47.0 Å². The lowest BCUT2D eigenvalue weighted by Gasteiger charge is -2.18. The molecule has 0 radical (unpaired) electrons. The molecular weight excluding hydrogens is 476 g/mol. The summed E-state index contributed by atoms with van der Waals surface area (Å²) >= 11 is 1.25. The molecule has 0 aliphatic carbocycles. The molecule has 2 aromatic carbocycles. The van der Waals surface area contributed by atoms with E-state index in [9.17, 15) is 17.7 Å². The van der Waals surface area contributed by atoms with Crippen molar-refractivity contribution in [2.75, 3.05) is 18.0 Å². The summed E-state index contributed by atoms with van der Waals surface area (Å²) in [6.45, 7) is -0.157. The number of rotatable bonds is 8. The molecule has 0 bridgehead atoms. The lowest BCUT2D eigenvalue weighted by atomic mass is 9.98. The largest absolute Gasteiger partial charge is 0.391 e. The number of hydrogen-bond donors (Lipinski definition) is 7. The number of nitrogens with one attached hydrogen (secondary N) is 1. The van der Waals surface area contributed by atoms with Gasteiger partial charge in [0.2, 0.25) is 10.0 Å². The van der Waals surface area contributed by atoms with Crippen LogP contribution in [0.1, 0.15) is 5.56 Å². The van der Waals surface area contributed by atoms with Crippen molar-refractivity contribution in [3.8, 4) is 11.1 Å². The van der Waals surface area contributed by atoms with Crippen LogP contribution in [0, 0.1) is 0 Å². The van der Waals surface area contributed by atoms with Gasteiger partial charge in [-0.2, -0.15) is 0 Å². The molecule has 12 nitrogen and oxygen atoms in total. The first-order valence-electron chi connectivity index (χ1n) is 8.99. The second kappa shape index (κ2) is 9.45. The zero-order valence-electron chi connectivity index (χ0n) is 16.6. The van der Waals surface area contributed by atoms with E-state index in [1.54, 1.807) is 12.1 Å². The Balaban J connectivity index is 2.41. The zero-order chi connectivity index (χ0) is 23.6. The number of benzene rings is 2. The lowest BCUT2D eigenvalue weighted by molar-refractivity contribution is 0.207. The number of anilines is 1. The fourth-order valence-electron chi connectivity index (χ4n) is 3.15. The van der Waals surface area contributed by atoms with Gasteiger partial charge in [-0.3, -0.25) is 4.21 Å². The van der Waals surface area contributed by atoms with Gasteiger partial charge in [0.05, 0.1) is 37.8 Å². The first-order chi connectivity index (χ1) is 15.1. The van der Waals surface area contributed by atoms with Gasteiger partial charge in [0.25, 0.3) is 0 Å². The van der Waals surface area contributed by atoms with Crippen molar-refractivity contribution in [1.29, 1.82) is 0 Å². The van der Waals surface area contributed by atoms with Gasteiger partial charge in [0, 0.05) is 17.7 Å². The molecule has 0 saturated carbocycles. The van der Waals surface area contributed by atoms with Crippen LogP contribution in [0.5, 0.6) is 0 Å². The number of sulfonamides is 1. The molecule has 0 spiro atoms. The predicted octanol–water partition coefficient (Wildman–Crippen LogP) is -1.30. The van der Waals surface area contributed by atoms with Crippen molar-refractivity contribution < 1.29 is 17.7 Å². The normalized spacial score (nSPS) is 14.4. The van der Waals surface area contributed by atoms with E-state index in [1.807, 2.05) is 11.6 Å². The quantitative estimate of drug-likeness (QED) is 0.0838. The van der Waals surface area contributed by atoms with Crippen molar-refractivity contribution in [3.05, 3.63) is 35.9 Å². The molecule has 1 heterocycles. The van der Waals surface area contributed by atoms with Crippen LogP contribution in [0.4, 0.5) is 5.13 Å². The van der Waals surface area contributed by atoms with Gasteiger partial charge < -0.3 is 22.3 Å². The Morgan fingerprint density at radius 3 is 2.62 bits per heavy atom. The highest BCUT2D eigenvalue weighted by molar-refractivity contribution is 7.91. The fourth-order valence-corrected chi connectivity index (χ4v) is 6.57. The Kier molecular flexibility index (Phi) is 7.09. The van der Waals surface area contributed by atoms with Gasteiger partial charge in [-0.05, 0) is 17.7 Å². The average molecular weight is 499 g/mol. The summed E-state index contributed by atoms with van der Waals surface area (Å²) in [5, 5.41) is 19.3. The van der Waals surface area contributed by atoms with Crippen molar-refractivity contribution in [3.63, 3.8) is 0 Å². The molecule has 2 atom stereocenters. The second-order valence-corrected chi connectivity index (χ2v) is 10.6. The number of fused-ring (bicyclic) bond motifs is 1. The Morgan fingerprint density at radius 2 is 2.00 bits per heavy atom. The summed E-state index contributed by atoms with van der Waals surface area (Å²) in [6.07, 6.45) is -1.12. The molecular formula is C17H22N8O4S3. The fraction of sp³-hybridized carbons (Fsp3) is 0.176. The van der Waals surface area contributed by atoms with Gasteiger partial charge in [0.15, 0.2) is 11.0 Å². The average Bonchev–Trinajstić information content (AvgIpc) is 3.12. The number of amidine groups is 1. The predicted molar refractivity (Wildman–Crippen MR) is 125 cm³/mol. The molecule has 2 unspecified atom stereocenters. The van der Waals surface area contributed by atoms with Gasteiger partial charge >= 0.3 is 0 Å². The SMILES string of the molecule is NCC(O)CS(=O)c1ccc(-c2cccc3sc(N)nc23)c(/C(N)=N/NN)c1S(N)(=O)=O. The minimum absolute atomic E-state index is 0.113. The summed E-state index contributed by atoms with van der Waals surface area (Å²) in [5.74, 6) is 4.64. The summed E-state index contributed by atoms with van der Waals surface area (Å²) in [4.78, 5) is 3.66. The first-order valence-corrected chi connectivity index (χ1v) is 12.7. The molecule has 0 aliphatic rings. The van der Waals surface area contributed by atoms with Gasteiger partial charge in [-0.15, -0.1) is 5.10 Å². The topological polar surface area (TPSA) is 239 Å². The standard InChI is InChI=1S/C17H22N8O4S3/c18-6-8(26)7-31(27)12-5-4-9(10-2-1-3-11-14(10)23-17(20)30-11)13(16(19)24-25-21)15(12)32(22,28)29/h1-5,8,25-26H,6-7,18,21H2,(H2,19,24)(H2,20,23)(H2,22,28,29). The Bertz CT molecular complexity index is 1320. The molecule has 172 valence electrons. The maximum atomic E-state index is 12.9. The zero-order valence-corrected chi connectivity index (χ0v) is 19.0. The molecule has 1 aromatic heterocycles. The molecule has 12 N–H and O–H groups in total. The summed E-state index contributed by atoms with van der Waals surface area (Å²) in [5.41, 5.74) is 20.5. The highest BCUT2D eigenvalue weighted by Crippen LogP contribution is 2.37. The monoisotopic (exact) mass is 498 g/mol. The number of nitrogens with zero attached hydrogens (tertiary/aromatic N) is 2. The third-order valence-electron chi connectivity index (χ3n) is 4.43. The number of para-hydroxylation sites is 1. The van der Waals surface area contributed by atoms with E-state index >= 15 is 0 Å². The number of thiazole rings is 1. The summed E-state index contributed by atoms with van der Waals surface area (Å²) in [6, 6.07) is 8.12. The van der Waals surface area contributed by atoms with E-state index in [0.717, 1.165) is 4.70 Å². The number of nitrogens with two attached hydrogens (primary N) is 5. The van der Waals surface area contributed by atoms with Crippen LogP contribution in [0.3, 0.4) is 0 Å². The Morgan fingerprint density at radius 1 is 1.28 bits per heavy atom. The molecule has 32 heavy (non-hydrogen) atoms. The third kappa shape index (κ3) is 4.73. The summed E-state index contributed by atoms with van der Waals surface area (Å²) in [7, 11) is -6.45. The van der Waals surface area contributed by atoms with E-state index in [0.29, 0.717) is 21.8 Å². The van der Waals surface area contributed by atoms with E-state index in [2.05, 4.69) is 10.1 Å². The van der Waals surface area contributed by atoms with E-state index in [4.69, 9.17) is 28.2 Å². The number of hydrogen-bond acceptors (Lipinski definition) is 11. The van der Waals surface area contributed by atoms with Crippen LogP contribution in [0.15, 0.2) is 45.2 Å². The first kappa shape index (κ1) is 24.0. The third-order valence-corrected chi connectivity index (χ3v) is 7.92. The van der Waals surface area contributed by atoms with Crippen molar-refractivity contribution >= 4 is 53.3 Å². The minimum Gasteiger partial charge on any atom is -0.391 e. The number of hydrazine groups is 1.